The van der Waals surface area contributed by atoms with Gasteiger partial charge in [-0.15, -0.1) is 11.3 Å². The largest absolute Gasteiger partial charge is 0.143 e. The molecule has 0 unspecified atom stereocenters. The van der Waals surface area contributed by atoms with Crippen LogP contribution in [0.1, 0.15) is 25.3 Å². The van der Waals surface area contributed by atoms with Gasteiger partial charge in [-0.3, -0.25) is 0 Å². The molecule has 0 fully saturated rings. The van der Waals surface area contributed by atoms with E-state index >= 15 is 0 Å². The van der Waals surface area contributed by atoms with Crippen LogP contribution in [-0.2, 0) is 0 Å². The zero-order chi connectivity index (χ0) is 5.98. The van der Waals surface area contributed by atoms with Gasteiger partial charge in [0.15, 0.2) is 0 Å². The fraction of sp³-hybridized carbons (Fsp3) is 0.429. The lowest BCUT2D eigenvalue weighted by Crippen LogP contribution is -1.79. The Hall–Kier alpha value is -0.300. The van der Waals surface area contributed by atoms with Gasteiger partial charge in [0.2, 0.25) is 0 Å². The number of thiophene rings is 1. The minimum atomic E-state index is 0.640. The third-order valence-corrected chi connectivity index (χ3v) is 1.74. The van der Waals surface area contributed by atoms with Crippen molar-refractivity contribution in [3.8, 4) is 0 Å². The van der Waals surface area contributed by atoms with Crippen molar-refractivity contribution in [3.05, 3.63) is 22.4 Å². The first-order valence-corrected chi connectivity index (χ1v) is 3.63. The molecule has 0 amide bonds. The zero-order valence-corrected chi connectivity index (χ0v) is 5.96. The molecule has 0 saturated carbocycles. The Kier molecular flexibility index (Phi) is 1.69. The lowest BCUT2D eigenvalue weighted by molar-refractivity contribution is 0.871. The van der Waals surface area contributed by atoms with Crippen molar-refractivity contribution < 1.29 is 0 Å². The number of hydrogen-bond donors (Lipinski definition) is 0. The molecule has 0 N–H and O–H groups in total. The maximum atomic E-state index is 3.18. The van der Waals surface area contributed by atoms with Gasteiger partial charge < -0.3 is 0 Å². The van der Waals surface area contributed by atoms with Crippen LogP contribution in [0.2, 0.25) is 0 Å². The monoisotopic (exact) mass is 125 g/mol. The molecule has 0 saturated heterocycles. The number of rotatable bonds is 1. The molecular weight excluding hydrogens is 116 g/mol. The molecule has 1 aromatic heterocycles. The van der Waals surface area contributed by atoms with Crippen LogP contribution in [0.3, 0.4) is 0 Å². The molecule has 1 heterocycles. The van der Waals surface area contributed by atoms with Gasteiger partial charge >= 0.3 is 0 Å². The van der Waals surface area contributed by atoms with Crippen LogP contribution >= 0.6 is 11.3 Å². The summed E-state index contributed by atoms with van der Waals surface area (Å²) in [6.07, 6.45) is 0. The fourth-order valence-electron chi connectivity index (χ4n) is 0.554. The Morgan fingerprint density at radius 1 is 1.62 bits per heavy atom. The van der Waals surface area contributed by atoms with Gasteiger partial charge in [-0.25, -0.2) is 0 Å². The van der Waals surface area contributed by atoms with E-state index in [0.717, 1.165) is 0 Å². The highest BCUT2D eigenvalue weighted by Gasteiger charge is 1.96. The number of hydrogen-bond acceptors (Lipinski definition) is 1. The maximum Gasteiger partial charge on any atom is 0.0480 e. The summed E-state index contributed by atoms with van der Waals surface area (Å²) < 4.78 is 0. The summed E-state index contributed by atoms with van der Waals surface area (Å²) in [5, 5.41) is 5.24. The molecule has 0 bridgehead atoms. The highest BCUT2D eigenvalue weighted by molar-refractivity contribution is 7.07. The van der Waals surface area contributed by atoms with Gasteiger partial charge in [-0.2, -0.15) is 0 Å². The summed E-state index contributed by atoms with van der Waals surface area (Å²) in [5.74, 6) is 0.640. The quantitative estimate of drug-likeness (QED) is 0.541. The van der Waals surface area contributed by atoms with Crippen molar-refractivity contribution in [2.75, 3.05) is 0 Å². The van der Waals surface area contributed by atoms with E-state index in [1.165, 1.54) is 5.56 Å². The molecule has 0 spiro atoms. The minimum Gasteiger partial charge on any atom is -0.143 e. The van der Waals surface area contributed by atoms with E-state index in [2.05, 4.69) is 30.7 Å². The van der Waals surface area contributed by atoms with Gasteiger partial charge in [0.1, 0.15) is 0 Å². The first kappa shape index (κ1) is 5.83. The predicted octanol–water partition coefficient (Wildman–Crippen LogP) is 2.67. The highest BCUT2D eigenvalue weighted by Crippen LogP contribution is 2.15. The second-order valence-corrected chi connectivity index (χ2v) is 2.84. The molecule has 1 rings (SSSR count). The van der Waals surface area contributed by atoms with Crippen LogP contribution in [0.25, 0.3) is 0 Å². The average molecular weight is 125 g/mol. The van der Waals surface area contributed by atoms with Crippen molar-refractivity contribution in [3.63, 3.8) is 0 Å². The highest BCUT2D eigenvalue weighted by atomic mass is 32.1. The predicted molar refractivity (Wildman–Crippen MR) is 37.2 cm³/mol. The molecule has 0 aliphatic rings. The maximum absolute atomic E-state index is 3.18. The van der Waals surface area contributed by atoms with Gasteiger partial charge in [0.25, 0.3) is 0 Å². The van der Waals surface area contributed by atoms with E-state index in [9.17, 15) is 0 Å². The zero-order valence-electron chi connectivity index (χ0n) is 5.14. The Balaban J connectivity index is 2.77. The summed E-state index contributed by atoms with van der Waals surface area (Å²) in [7, 11) is 0. The van der Waals surface area contributed by atoms with Gasteiger partial charge in [0.05, 0.1) is 0 Å². The van der Waals surface area contributed by atoms with Crippen LogP contribution in [0, 0.1) is 5.38 Å². The van der Waals surface area contributed by atoms with Crippen molar-refractivity contribution in [2.24, 2.45) is 0 Å². The Bertz CT molecular complexity index is 139. The summed E-state index contributed by atoms with van der Waals surface area (Å²) in [5.41, 5.74) is 1.33. The molecule has 1 radical (unpaired) electrons. The van der Waals surface area contributed by atoms with E-state index in [1.807, 2.05) is 0 Å². The SMILES string of the molecule is CC(C)c1[c]scc1. The molecular formula is C7H9S. The van der Waals surface area contributed by atoms with E-state index in [4.69, 9.17) is 0 Å². The van der Waals surface area contributed by atoms with Crippen LogP contribution < -0.4 is 0 Å². The lowest BCUT2D eigenvalue weighted by atomic mass is 10.1. The Morgan fingerprint density at radius 3 is 2.62 bits per heavy atom. The van der Waals surface area contributed by atoms with Crippen molar-refractivity contribution >= 4 is 11.3 Å². The smallest absolute Gasteiger partial charge is 0.0480 e. The van der Waals surface area contributed by atoms with Gasteiger partial charge in [-0.05, 0) is 22.9 Å². The van der Waals surface area contributed by atoms with Crippen LogP contribution in [-0.4, -0.2) is 0 Å². The molecule has 0 nitrogen and oxygen atoms in total. The van der Waals surface area contributed by atoms with Crippen LogP contribution in [0.4, 0.5) is 0 Å². The van der Waals surface area contributed by atoms with E-state index in [-0.39, 0.29) is 0 Å². The van der Waals surface area contributed by atoms with E-state index in [1.54, 1.807) is 11.3 Å². The van der Waals surface area contributed by atoms with Crippen LogP contribution in [0.5, 0.6) is 0 Å². The normalized spacial score (nSPS) is 10.4. The summed E-state index contributed by atoms with van der Waals surface area (Å²) in [6.45, 7) is 4.36. The molecule has 0 aromatic carbocycles. The van der Waals surface area contributed by atoms with Crippen LogP contribution in [0.15, 0.2) is 11.4 Å². The third kappa shape index (κ3) is 1.10. The molecule has 0 aliphatic heterocycles. The average Bonchev–Trinajstić information content (AvgIpc) is 2.12. The second kappa shape index (κ2) is 2.31. The molecule has 1 aromatic rings. The minimum absolute atomic E-state index is 0.640. The Morgan fingerprint density at radius 2 is 2.38 bits per heavy atom. The molecule has 1 heteroatoms. The lowest BCUT2D eigenvalue weighted by Gasteiger charge is -1.95. The Labute approximate surface area is 54.2 Å². The standard InChI is InChI=1S/C7H9S/c1-6(2)7-3-4-8-5-7/h3-4,6H,1-2H3. The fourth-order valence-corrected chi connectivity index (χ4v) is 1.28. The molecule has 8 heavy (non-hydrogen) atoms. The molecule has 0 aliphatic carbocycles. The molecule has 0 atom stereocenters. The topological polar surface area (TPSA) is 0 Å². The third-order valence-electron chi connectivity index (χ3n) is 1.11. The first-order valence-electron chi connectivity index (χ1n) is 2.76. The van der Waals surface area contributed by atoms with E-state index < -0.39 is 0 Å². The van der Waals surface area contributed by atoms with Crippen molar-refractivity contribution in [1.29, 1.82) is 0 Å². The second-order valence-electron chi connectivity index (χ2n) is 2.13. The van der Waals surface area contributed by atoms with E-state index in [0.29, 0.717) is 5.92 Å². The summed E-state index contributed by atoms with van der Waals surface area (Å²) in [6, 6.07) is 2.12. The van der Waals surface area contributed by atoms with Gasteiger partial charge in [0, 0.05) is 5.38 Å². The van der Waals surface area contributed by atoms with Crippen molar-refractivity contribution in [1.82, 2.24) is 0 Å². The van der Waals surface area contributed by atoms with Crippen molar-refractivity contribution in [2.45, 2.75) is 19.8 Å². The van der Waals surface area contributed by atoms with Gasteiger partial charge in [-0.1, -0.05) is 13.8 Å². The summed E-state index contributed by atoms with van der Waals surface area (Å²) >= 11 is 1.64. The summed E-state index contributed by atoms with van der Waals surface area (Å²) in [4.78, 5) is 0. The first-order chi connectivity index (χ1) is 3.80. The molecule has 43 valence electrons.